The van der Waals surface area contributed by atoms with E-state index in [0.717, 1.165) is 49.4 Å². The van der Waals surface area contributed by atoms with Crippen LogP contribution in [-0.2, 0) is 0 Å². The number of fused-ring (bicyclic) bond motifs is 9. The van der Waals surface area contributed by atoms with Gasteiger partial charge in [-0.05, 0) is 71.8 Å². The Morgan fingerprint density at radius 3 is 2.20 bits per heavy atom. The Morgan fingerprint density at radius 2 is 1.29 bits per heavy atom. The topological polar surface area (TPSA) is 41.9 Å². The fraction of sp³-hybridized carbons (Fsp3) is 0. The van der Waals surface area contributed by atoms with Crippen molar-refractivity contribution in [1.82, 2.24) is 4.57 Å². The van der Waals surface area contributed by atoms with Gasteiger partial charge in [-0.25, -0.2) is 0 Å². The standard InChI is InChI=1S/C37H20N2OS/c38-21-22-12-15-32-28(18-22)25-6-1-3-9-31(25)39(32)33-10-5-8-27-30-20-24(14-17-36(30)41-37(27)33)23-13-16-35-29(19-23)26-7-2-4-11-34(26)40-35/h1-20H. The van der Waals surface area contributed by atoms with Gasteiger partial charge < -0.3 is 8.98 Å². The largest absolute Gasteiger partial charge is 0.456 e. The maximum atomic E-state index is 9.55. The minimum absolute atomic E-state index is 0.676. The lowest BCUT2D eigenvalue weighted by atomic mass is 10.0. The maximum absolute atomic E-state index is 9.55. The summed E-state index contributed by atoms with van der Waals surface area (Å²) in [5.74, 6) is 0. The zero-order valence-electron chi connectivity index (χ0n) is 21.8. The van der Waals surface area contributed by atoms with E-state index in [1.807, 2.05) is 35.6 Å². The number of furan rings is 1. The summed E-state index contributed by atoms with van der Waals surface area (Å²) in [6.07, 6.45) is 0. The lowest BCUT2D eigenvalue weighted by molar-refractivity contribution is 0.669. The molecule has 0 bridgehead atoms. The molecule has 0 atom stereocenters. The van der Waals surface area contributed by atoms with Crippen LogP contribution in [-0.4, -0.2) is 4.57 Å². The van der Waals surface area contributed by atoms with Gasteiger partial charge >= 0.3 is 0 Å². The molecule has 4 heteroatoms. The molecule has 0 saturated heterocycles. The SMILES string of the molecule is N#Cc1ccc2c(c1)c1ccccc1n2-c1cccc2c1sc1ccc(-c3ccc4oc5ccccc5c4c3)cc12. The Morgan fingerprint density at radius 1 is 0.561 bits per heavy atom. The molecule has 0 fully saturated rings. The van der Waals surface area contributed by atoms with Crippen molar-refractivity contribution in [2.24, 2.45) is 0 Å². The molecule has 0 N–H and O–H groups in total. The van der Waals surface area contributed by atoms with Crippen molar-refractivity contribution in [3.8, 4) is 22.9 Å². The van der Waals surface area contributed by atoms with Crippen molar-refractivity contribution in [3.05, 3.63) is 127 Å². The summed E-state index contributed by atoms with van der Waals surface area (Å²) < 4.78 is 10.9. The van der Waals surface area contributed by atoms with Gasteiger partial charge in [0.25, 0.3) is 0 Å². The third kappa shape index (κ3) is 3.18. The summed E-state index contributed by atoms with van der Waals surface area (Å²) in [7, 11) is 0. The smallest absolute Gasteiger partial charge is 0.135 e. The second-order valence-electron chi connectivity index (χ2n) is 10.5. The second kappa shape index (κ2) is 8.32. The van der Waals surface area contributed by atoms with Crippen LogP contribution in [0.2, 0.25) is 0 Å². The predicted molar refractivity (Wildman–Crippen MR) is 171 cm³/mol. The van der Waals surface area contributed by atoms with Gasteiger partial charge in [0.2, 0.25) is 0 Å². The third-order valence-corrected chi connectivity index (χ3v) is 9.44. The molecule has 3 aromatic heterocycles. The summed E-state index contributed by atoms with van der Waals surface area (Å²) in [5, 5.41) is 16.6. The Bertz CT molecular complexity index is 2560. The zero-order valence-corrected chi connectivity index (χ0v) is 22.6. The number of nitriles is 1. The fourth-order valence-electron chi connectivity index (χ4n) is 6.35. The first kappa shape index (κ1) is 22.4. The van der Waals surface area contributed by atoms with E-state index < -0.39 is 0 Å². The first-order valence-corrected chi connectivity index (χ1v) is 14.4. The number of rotatable bonds is 2. The normalized spacial score (nSPS) is 11.9. The molecule has 190 valence electrons. The van der Waals surface area contributed by atoms with E-state index in [0.29, 0.717) is 5.56 Å². The molecule has 0 saturated carbocycles. The summed E-state index contributed by atoms with van der Waals surface area (Å²) in [5.41, 5.74) is 8.28. The quantitative estimate of drug-likeness (QED) is 0.219. The minimum atomic E-state index is 0.676. The van der Waals surface area contributed by atoms with Crippen LogP contribution in [0.25, 0.3) is 80.7 Å². The van der Waals surface area contributed by atoms with E-state index in [4.69, 9.17) is 4.42 Å². The molecule has 6 aromatic carbocycles. The molecule has 9 rings (SSSR count). The van der Waals surface area contributed by atoms with Crippen molar-refractivity contribution in [3.63, 3.8) is 0 Å². The van der Waals surface area contributed by atoms with Gasteiger partial charge in [0.1, 0.15) is 11.2 Å². The predicted octanol–water partition coefficient (Wildman–Crippen LogP) is 10.6. The Hall–Kier alpha value is -5.37. The molecule has 0 unspecified atom stereocenters. The van der Waals surface area contributed by atoms with Crippen LogP contribution in [0.4, 0.5) is 0 Å². The van der Waals surface area contributed by atoms with Crippen molar-refractivity contribution < 1.29 is 4.42 Å². The lowest BCUT2D eigenvalue weighted by Crippen LogP contribution is -1.93. The number of thiophene rings is 1. The second-order valence-corrected chi connectivity index (χ2v) is 11.5. The van der Waals surface area contributed by atoms with E-state index in [2.05, 4.69) is 108 Å². The zero-order chi connectivity index (χ0) is 27.1. The number of hydrogen-bond acceptors (Lipinski definition) is 3. The van der Waals surface area contributed by atoms with E-state index in [9.17, 15) is 5.26 Å². The Labute approximate surface area is 238 Å². The maximum Gasteiger partial charge on any atom is 0.135 e. The van der Waals surface area contributed by atoms with Gasteiger partial charge in [0.05, 0.1) is 33.1 Å². The van der Waals surface area contributed by atoms with Crippen LogP contribution < -0.4 is 0 Å². The van der Waals surface area contributed by atoms with E-state index in [1.54, 1.807) is 0 Å². The molecular formula is C37H20N2OS. The molecule has 0 aliphatic carbocycles. The Kier molecular flexibility index (Phi) is 4.55. The van der Waals surface area contributed by atoms with Crippen molar-refractivity contribution in [2.75, 3.05) is 0 Å². The van der Waals surface area contributed by atoms with Crippen LogP contribution in [0.5, 0.6) is 0 Å². The molecule has 3 nitrogen and oxygen atoms in total. The van der Waals surface area contributed by atoms with E-state index in [-0.39, 0.29) is 0 Å². The van der Waals surface area contributed by atoms with E-state index in [1.165, 1.54) is 31.3 Å². The molecule has 9 aromatic rings. The first-order chi connectivity index (χ1) is 20.3. The first-order valence-electron chi connectivity index (χ1n) is 13.6. The highest BCUT2D eigenvalue weighted by molar-refractivity contribution is 7.26. The summed E-state index contributed by atoms with van der Waals surface area (Å²) in [6, 6.07) is 44.9. The molecule has 0 amide bonds. The van der Waals surface area contributed by atoms with Crippen molar-refractivity contribution in [1.29, 1.82) is 5.26 Å². The van der Waals surface area contributed by atoms with Gasteiger partial charge in [-0.2, -0.15) is 5.26 Å². The van der Waals surface area contributed by atoms with Gasteiger partial charge in [0.15, 0.2) is 0 Å². The van der Waals surface area contributed by atoms with Gasteiger partial charge in [-0.15, -0.1) is 11.3 Å². The summed E-state index contributed by atoms with van der Waals surface area (Å²) in [4.78, 5) is 0. The number of hydrogen-bond donors (Lipinski definition) is 0. The van der Waals surface area contributed by atoms with Crippen LogP contribution in [0.1, 0.15) is 5.56 Å². The highest BCUT2D eigenvalue weighted by Crippen LogP contribution is 2.42. The highest BCUT2D eigenvalue weighted by Gasteiger charge is 2.17. The van der Waals surface area contributed by atoms with Gasteiger partial charge in [0, 0.05) is 37.0 Å². The highest BCUT2D eigenvalue weighted by atomic mass is 32.1. The van der Waals surface area contributed by atoms with Gasteiger partial charge in [-0.1, -0.05) is 60.7 Å². The third-order valence-electron chi connectivity index (χ3n) is 8.23. The molecule has 0 aliphatic heterocycles. The molecule has 0 spiro atoms. The number of nitrogens with zero attached hydrogens (tertiary/aromatic N) is 2. The summed E-state index contributed by atoms with van der Waals surface area (Å²) in [6.45, 7) is 0. The average Bonchev–Trinajstić information content (AvgIpc) is 3.69. The van der Waals surface area contributed by atoms with Crippen LogP contribution in [0.3, 0.4) is 0 Å². The minimum Gasteiger partial charge on any atom is -0.456 e. The number of aromatic nitrogens is 1. The summed E-state index contributed by atoms with van der Waals surface area (Å²) >= 11 is 1.83. The number of para-hydroxylation sites is 2. The monoisotopic (exact) mass is 540 g/mol. The molecule has 0 radical (unpaired) electrons. The number of benzene rings is 6. The van der Waals surface area contributed by atoms with Gasteiger partial charge in [-0.3, -0.25) is 0 Å². The van der Waals surface area contributed by atoms with Crippen LogP contribution in [0, 0.1) is 11.3 Å². The van der Waals surface area contributed by atoms with Crippen LogP contribution >= 0.6 is 11.3 Å². The average molecular weight is 541 g/mol. The van der Waals surface area contributed by atoms with Crippen molar-refractivity contribution >= 4 is 75.3 Å². The molecule has 3 heterocycles. The molecule has 0 aliphatic rings. The van der Waals surface area contributed by atoms with E-state index >= 15 is 0 Å². The Balaban J connectivity index is 1.27. The molecule has 41 heavy (non-hydrogen) atoms. The fourth-order valence-corrected chi connectivity index (χ4v) is 7.53. The molecular weight excluding hydrogens is 520 g/mol. The lowest BCUT2D eigenvalue weighted by Gasteiger charge is -2.09. The van der Waals surface area contributed by atoms with Crippen LogP contribution in [0.15, 0.2) is 126 Å². The van der Waals surface area contributed by atoms with Crippen molar-refractivity contribution in [2.45, 2.75) is 0 Å².